The highest BCUT2D eigenvalue weighted by Crippen LogP contribution is 2.20. The molecule has 3 rings (SSSR count). The Balaban J connectivity index is 1.62. The molecule has 0 bridgehead atoms. The van der Waals surface area contributed by atoms with E-state index in [0.717, 1.165) is 15.9 Å². The monoisotopic (exact) mass is 423 g/mol. The van der Waals surface area contributed by atoms with Crippen molar-refractivity contribution in [3.63, 3.8) is 0 Å². The van der Waals surface area contributed by atoms with Gasteiger partial charge in [0.25, 0.3) is 5.91 Å². The largest absolute Gasteiger partial charge is 0.471 e. The molecule has 130 valence electrons. The molecule has 1 aromatic carbocycles. The summed E-state index contributed by atoms with van der Waals surface area (Å²) in [5.74, 6) is 0.335. The van der Waals surface area contributed by atoms with Crippen molar-refractivity contribution >= 4 is 39.1 Å². The summed E-state index contributed by atoms with van der Waals surface area (Å²) in [5.41, 5.74) is 1.44. The van der Waals surface area contributed by atoms with Crippen LogP contribution in [0.25, 0.3) is 0 Å². The number of benzene rings is 1. The van der Waals surface area contributed by atoms with Crippen LogP contribution in [0.3, 0.4) is 0 Å². The number of aryl methyl sites for hydroxylation is 1. The first-order valence-corrected chi connectivity index (χ1v) is 8.52. The van der Waals surface area contributed by atoms with E-state index in [4.69, 9.17) is 16.3 Å². The average molecular weight is 425 g/mol. The highest BCUT2D eigenvalue weighted by atomic mass is 79.9. The maximum Gasteiger partial charge on any atom is 0.277 e. The van der Waals surface area contributed by atoms with Gasteiger partial charge >= 0.3 is 0 Å². The Hall–Kier alpha value is -2.32. The van der Waals surface area contributed by atoms with Gasteiger partial charge < -0.3 is 10.1 Å². The Morgan fingerprint density at radius 3 is 2.72 bits per heavy atom. The van der Waals surface area contributed by atoms with E-state index < -0.39 is 0 Å². The van der Waals surface area contributed by atoms with Crippen molar-refractivity contribution < 1.29 is 9.53 Å². The van der Waals surface area contributed by atoms with E-state index in [0.29, 0.717) is 10.7 Å². The number of halogens is 2. The molecule has 0 radical (unpaired) electrons. The fourth-order valence-corrected chi connectivity index (χ4v) is 2.60. The fraction of sp³-hybridized carbons (Fsp3) is 0.188. The van der Waals surface area contributed by atoms with Gasteiger partial charge in [-0.25, -0.2) is 4.68 Å². The molecule has 3 aromatic rings. The van der Waals surface area contributed by atoms with E-state index in [9.17, 15) is 4.79 Å². The van der Waals surface area contributed by atoms with Crippen LogP contribution in [0.4, 0.5) is 5.69 Å². The Morgan fingerprint density at radius 2 is 2.08 bits per heavy atom. The normalized spacial score (nSPS) is 10.7. The first-order valence-electron chi connectivity index (χ1n) is 7.35. The van der Waals surface area contributed by atoms with Crippen molar-refractivity contribution in [3.05, 3.63) is 57.5 Å². The second-order valence-electron chi connectivity index (χ2n) is 5.32. The van der Waals surface area contributed by atoms with Gasteiger partial charge in [0, 0.05) is 11.5 Å². The van der Waals surface area contributed by atoms with Gasteiger partial charge in [-0.05, 0) is 31.2 Å². The molecule has 2 aromatic heterocycles. The predicted octanol–water partition coefficient (Wildman–Crippen LogP) is 3.63. The van der Waals surface area contributed by atoms with Crippen molar-refractivity contribution in [2.75, 3.05) is 5.32 Å². The molecule has 9 heteroatoms. The van der Waals surface area contributed by atoms with Gasteiger partial charge in [0.15, 0.2) is 12.4 Å². The Bertz CT molecular complexity index is 904. The van der Waals surface area contributed by atoms with Crippen molar-refractivity contribution in [2.45, 2.75) is 13.7 Å². The number of carbonyl (C=O) groups is 1. The minimum Gasteiger partial charge on any atom is -0.471 e. The topological polar surface area (TPSA) is 74.0 Å². The zero-order chi connectivity index (χ0) is 18.0. The minimum atomic E-state index is -0.387. The number of aromatic nitrogens is 4. The number of nitrogens with one attached hydrogen (secondary N) is 1. The molecule has 25 heavy (non-hydrogen) atoms. The van der Waals surface area contributed by atoms with Gasteiger partial charge in [0.1, 0.15) is 5.75 Å². The average Bonchev–Trinajstić information content (AvgIpc) is 3.14. The van der Waals surface area contributed by atoms with Gasteiger partial charge in [-0.3, -0.25) is 9.48 Å². The van der Waals surface area contributed by atoms with Crippen LogP contribution in [-0.4, -0.2) is 25.5 Å². The molecular formula is C16H15BrClN5O2. The van der Waals surface area contributed by atoms with Crippen LogP contribution in [0, 0.1) is 6.92 Å². The van der Waals surface area contributed by atoms with Crippen LogP contribution in [0.5, 0.6) is 5.75 Å². The van der Waals surface area contributed by atoms with Crippen LogP contribution in [0.15, 0.2) is 41.1 Å². The highest BCUT2D eigenvalue weighted by molar-refractivity contribution is 9.10. The second kappa shape index (κ2) is 7.28. The summed E-state index contributed by atoms with van der Waals surface area (Å²) in [7, 11) is 1.73. The molecule has 0 atom stereocenters. The smallest absolute Gasteiger partial charge is 0.277 e. The molecule has 0 saturated carbocycles. The maximum atomic E-state index is 12.3. The molecule has 0 spiro atoms. The molecule has 0 unspecified atom stereocenters. The molecule has 1 amide bonds. The summed E-state index contributed by atoms with van der Waals surface area (Å²) in [6.07, 6.45) is 3.20. The fourth-order valence-electron chi connectivity index (χ4n) is 2.09. The van der Waals surface area contributed by atoms with Crippen LogP contribution in [0.1, 0.15) is 16.2 Å². The van der Waals surface area contributed by atoms with Crippen LogP contribution in [0.2, 0.25) is 5.02 Å². The number of rotatable bonds is 5. The summed E-state index contributed by atoms with van der Waals surface area (Å²) in [5, 5.41) is 11.3. The molecule has 0 fully saturated rings. The predicted molar refractivity (Wildman–Crippen MR) is 97.9 cm³/mol. The van der Waals surface area contributed by atoms with Gasteiger partial charge in [-0.1, -0.05) is 27.5 Å². The molecule has 0 aliphatic heterocycles. The molecular weight excluding hydrogens is 410 g/mol. The number of hydrogen-bond acceptors (Lipinski definition) is 4. The second-order valence-corrected chi connectivity index (χ2v) is 6.62. The number of hydrogen-bond donors (Lipinski definition) is 1. The number of anilines is 1. The van der Waals surface area contributed by atoms with E-state index in [1.807, 2.05) is 24.3 Å². The van der Waals surface area contributed by atoms with Gasteiger partial charge in [-0.2, -0.15) is 10.2 Å². The zero-order valence-electron chi connectivity index (χ0n) is 13.5. The van der Waals surface area contributed by atoms with Gasteiger partial charge in [-0.15, -0.1) is 0 Å². The molecule has 2 heterocycles. The Kier molecular flexibility index (Phi) is 5.10. The van der Waals surface area contributed by atoms with Crippen molar-refractivity contribution in [2.24, 2.45) is 7.05 Å². The molecule has 0 saturated heterocycles. The third-order valence-corrected chi connectivity index (χ3v) is 4.53. The number of amides is 1. The number of carbonyl (C=O) groups excluding carboxylic acids is 1. The summed E-state index contributed by atoms with van der Waals surface area (Å²) in [6, 6.07) is 7.48. The summed E-state index contributed by atoms with van der Waals surface area (Å²) < 4.78 is 9.73. The molecule has 1 N–H and O–H groups in total. The highest BCUT2D eigenvalue weighted by Gasteiger charge is 2.18. The van der Waals surface area contributed by atoms with Crippen LogP contribution in [-0.2, 0) is 13.8 Å². The van der Waals surface area contributed by atoms with Gasteiger partial charge in [0.2, 0.25) is 0 Å². The summed E-state index contributed by atoms with van der Waals surface area (Å²) in [6.45, 7) is 2.02. The Morgan fingerprint density at radius 1 is 1.36 bits per heavy atom. The Labute approximate surface area is 157 Å². The van der Waals surface area contributed by atoms with Gasteiger partial charge in [0.05, 0.1) is 28.8 Å². The van der Waals surface area contributed by atoms with E-state index >= 15 is 0 Å². The maximum absolute atomic E-state index is 12.3. The zero-order valence-corrected chi connectivity index (χ0v) is 15.9. The van der Waals surface area contributed by atoms with Crippen molar-refractivity contribution in [1.82, 2.24) is 19.6 Å². The lowest BCUT2D eigenvalue weighted by molar-refractivity contribution is 0.102. The van der Waals surface area contributed by atoms with E-state index in [2.05, 4.69) is 31.4 Å². The van der Waals surface area contributed by atoms with E-state index in [1.54, 1.807) is 29.5 Å². The standard InChI is InChI=1S/C16H15BrClN5O2/c1-10-14(18)15(21-22(10)2)16(24)20-12-7-19-23(8-12)9-25-13-5-3-11(17)4-6-13/h3-8H,9H2,1-2H3,(H,20,24). The number of nitrogens with zero attached hydrogens (tertiary/aromatic N) is 4. The molecule has 0 aliphatic rings. The lowest BCUT2D eigenvalue weighted by Crippen LogP contribution is -2.13. The lowest BCUT2D eigenvalue weighted by atomic mass is 10.3. The van der Waals surface area contributed by atoms with E-state index in [1.165, 1.54) is 6.20 Å². The van der Waals surface area contributed by atoms with E-state index in [-0.39, 0.29) is 18.3 Å². The first-order chi connectivity index (χ1) is 11.9. The van der Waals surface area contributed by atoms with Crippen molar-refractivity contribution in [3.8, 4) is 5.75 Å². The summed E-state index contributed by atoms with van der Waals surface area (Å²) in [4.78, 5) is 12.3. The van der Waals surface area contributed by atoms with Crippen LogP contribution < -0.4 is 10.1 Å². The SMILES string of the molecule is Cc1c(Cl)c(C(=O)Nc2cnn(COc3ccc(Br)cc3)c2)nn1C. The molecule has 0 aliphatic carbocycles. The first kappa shape index (κ1) is 17.5. The lowest BCUT2D eigenvalue weighted by Gasteiger charge is -2.05. The summed E-state index contributed by atoms with van der Waals surface area (Å²) >= 11 is 9.49. The number of ether oxygens (including phenoxy) is 1. The quantitative estimate of drug-likeness (QED) is 0.679. The molecule has 7 nitrogen and oxygen atoms in total. The minimum absolute atomic E-state index is 0.181. The third kappa shape index (κ3) is 4.02. The van der Waals surface area contributed by atoms with Crippen molar-refractivity contribution in [1.29, 1.82) is 0 Å². The third-order valence-electron chi connectivity index (χ3n) is 3.54. The van der Waals surface area contributed by atoms with Crippen LogP contribution >= 0.6 is 27.5 Å².